The van der Waals surface area contributed by atoms with Gasteiger partial charge in [-0.15, -0.1) is 0 Å². The molecular formula is C17H23NO. The molecule has 2 N–H and O–H groups in total. The fourth-order valence-corrected chi connectivity index (χ4v) is 2.30. The molecule has 0 radical (unpaired) electrons. The van der Waals surface area contributed by atoms with Crippen LogP contribution < -0.4 is 5.32 Å². The molecular weight excluding hydrogens is 234 g/mol. The van der Waals surface area contributed by atoms with Crippen molar-refractivity contribution in [3.05, 3.63) is 48.0 Å². The molecule has 0 amide bonds. The van der Waals surface area contributed by atoms with Crippen LogP contribution in [0.1, 0.15) is 31.9 Å². The molecule has 2 aromatic carbocycles. The van der Waals surface area contributed by atoms with Crippen molar-refractivity contribution in [3.63, 3.8) is 0 Å². The van der Waals surface area contributed by atoms with E-state index in [2.05, 4.69) is 61.6 Å². The van der Waals surface area contributed by atoms with Crippen molar-refractivity contribution in [3.8, 4) is 0 Å². The highest BCUT2D eigenvalue weighted by atomic mass is 16.3. The molecule has 0 aliphatic carbocycles. The minimum atomic E-state index is 0.271. The molecule has 0 saturated carbocycles. The second-order valence-electron chi connectivity index (χ2n) is 5.35. The van der Waals surface area contributed by atoms with Gasteiger partial charge in [0.15, 0.2) is 0 Å². The van der Waals surface area contributed by atoms with Crippen LogP contribution >= 0.6 is 0 Å². The van der Waals surface area contributed by atoms with Gasteiger partial charge in [0.2, 0.25) is 0 Å². The van der Waals surface area contributed by atoms with Crippen molar-refractivity contribution in [2.45, 2.75) is 26.3 Å². The molecule has 2 rings (SSSR count). The summed E-state index contributed by atoms with van der Waals surface area (Å²) >= 11 is 0. The van der Waals surface area contributed by atoms with E-state index in [1.54, 1.807) is 0 Å². The van der Waals surface area contributed by atoms with E-state index < -0.39 is 0 Å². The summed E-state index contributed by atoms with van der Waals surface area (Å²) in [5, 5.41) is 15.0. The van der Waals surface area contributed by atoms with Gasteiger partial charge in [-0.25, -0.2) is 0 Å². The molecule has 2 atom stereocenters. The van der Waals surface area contributed by atoms with Crippen LogP contribution in [0.15, 0.2) is 42.5 Å². The lowest BCUT2D eigenvalue weighted by Crippen LogP contribution is -2.24. The number of fused-ring (bicyclic) bond motifs is 1. The van der Waals surface area contributed by atoms with Crippen LogP contribution in [0.4, 0.5) is 0 Å². The summed E-state index contributed by atoms with van der Waals surface area (Å²) in [6.07, 6.45) is 0.859. The fourth-order valence-electron chi connectivity index (χ4n) is 2.30. The predicted octanol–water partition coefficient (Wildman–Crippen LogP) is 3.51. The molecule has 2 unspecified atom stereocenters. The maximum atomic E-state index is 8.91. The van der Waals surface area contributed by atoms with Gasteiger partial charge in [0.25, 0.3) is 0 Å². The first kappa shape index (κ1) is 14.0. The molecule has 0 heterocycles. The second kappa shape index (κ2) is 6.69. The maximum Gasteiger partial charge on any atom is 0.0434 e. The van der Waals surface area contributed by atoms with Gasteiger partial charge in [0.05, 0.1) is 0 Å². The SMILES string of the molecule is CC(CCO)CNC(C)c1ccc2ccccc2c1. The normalized spacial score (nSPS) is 14.5. The van der Waals surface area contributed by atoms with Gasteiger partial charge < -0.3 is 10.4 Å². The lowest BCUT2D eigenvalue weighted by molar-refractivity contribution is 0.258. The number of hydrogen-bond acceptors (Lipinski definition) is 2. The summed E-state index contributed by atoms with van der Waals surface area (Å²) in [4.78, 5) is 0. The lowest BCUT2D eigenvalue weighted by Gasteiger charge is -2.18. The second-order valence-corrected chi connectivity index (χ2v) is 5.35. The van der Waals surface area contributed by atoms with E-state index in [1.807, 2.05) is 0 Å². The molecule has 0 aliphatic rings. The van der Waals surface area contributed by atoms with Crippen LogP contribution in [-0.4, -0.2) is 18.3 Å². The van der Waals surface area contributed by atoms with E-state index in [1.165, 1.54) is 16.3 Å². The zero-order valence-corrected chi connectivity index (χ0v) is 11.8. The molecule has 2 nitrogen and oxygen atoms in total. The Morgan fingerprint density at radius 2 is 1.79 bits per heavy atom. The molecule has 2 heteroatoms. The predicted molar refractivity (Wildman–Crippen MR) is 81.2 cm³/mol. The Bertz CT molecular complexity index is 523. The van der Waals surface area contributed by atoms with E-state index in [-0.39, 0.29) is 6.61 Å². The van der Waals surface area contributed by atoms with Crippen LogP contribution in [-0.2, 0) is 0 Å². The maximum absolute atomic E-state index is 8.91. The van der Waals surface area contributed by atoms with E-state index in [0.29, 0.717) is 12.0 Å². The summed E-state index contributed by atoms with van der Waals surface area (Å²) in [7, 11) is 0. The van der Waals surface area contributed by atoms with Gasteiger partial charge in [-0.05, 0) is 48.2 Å². The minimum absolute atomic E-state index is 0.271. The summed E-state index contributed by atoms with van der Waals surface area (Å²) < 4.78 is 0. The van der Waals surface area contributed by atoms with Crippen molar-refractivity contribution in [2.75, 3.05) is 13.2 Å². The zero-order chi connectivity index (χ0) is 13.7. The highest BCUT2D eigenvalue weighted by Gasteiger charge is 2.07. The number of nitrogens with one attached hydrogen (secondary N) is 1. The van der Waals surface area contributed by atoms with Gasteiger partial charge in [-0.1, -0.05) is 43.3 Å². The standard InChI is InChI=1S/C17H23NO/c1-13(9-10-19)12-18-14(2)16-8-7-15-5-3-4-6-17(15)11-16/h3-8,11,13-14,18-19H,9-10,12H2,1-2H3. The van der Waals surface area contributed by atoms with Crippen LogP contribution in [0, 0.1) is 5.92 Å². The average Bonchev–Trinajstić information content (AvgIpc) is 2.44. The number of benzene rings is 2. The highest BCUT2D eigenvalue weighted by Crippen LogP contribution is 2.20. The minimum Gasteiger partial charge on any atom is -0.396 e. The Balaban J connectivity index is 2.02. The molecule has 102 valence electrons. The largest absolute Gasteiger partial charge is 0.396 e. The molecule has 2 aromatic rings. The number of aliphatic hydroxyl groups is 1. The average molecular weight is 257 g/mol. The molecule has 0 fully saturated rings. The number of rotatable bonds is 6. The molecule has 0 aliphatic heterocycles. The first-order chi connectivity index (χ1) is 9.20. The van der Waals surface area contributed by atoms with Crippen molar-refractivity contribution in [1.82, 2.24) is 5.32 Å². The summed E-state index contributed by atoms with van der Waals surface area (Å²) in [6, 6.07) is 15.4. The molecule has 0 bridgehead atoms. The van der Waals surface area contributed by atoms with E-state index in [0.717, 1.165) is 13.0 Å². The third kappa shape index (κ3) is 3.79. The van der Waals surface area contributed by atoms with Crippen molar-refractivity contribution >= 4 is 10.8 Å². The Kier molecular flexibility index (Phi) is 4.94. The number of hydrogen-bond donors (Lipinski definition) is 2. The Labute approximate surface area is 115 Å². The Morgan fingerprint density at radius 3 is 2.53 bits per heavy atom. The van der Waals surface area contributed by atoms with Gasteiger partial charge in [0, 0.05) is 12.6 Å². The Hall–Kier alpha value is -1.38. The highest BCUT2D eigenvalue weighted by molar-refractivity contribution is 5.83. The van der Waals surface area contributed by atoms with Gasteiger partial charge in [-0.2, -0.15) is 0 Å². The first-order valence-electron chi connectivity index (χ1n) is 7.03. The monoisotopic (exact) mass is 257 g/mol. The topological polar surface area (TPSA) is 32.3 Å². The van der Waals surface area contributed by atoms with Crippen LogP contribution in [0.25, 0.3) is 10.8 Å². The van der Waals surface area contributed by atoms with Crippen molar-refractivity contribution < 1.29 is 5.11 Å². The Morgan fingerprint density at radius 1 is 1.05 bits per heavy atom. The zero-order valence-electron chi connectivity index (χ0n) is 11.8. The summed E-state index contributed by atoms with van der Waals surface area (Å²) in [5.41, 5.74) is 1.31. The third-order valence-electron chi connectivity index (χ3n) is 3.67. The van der Waals surface area contributed by atoms with Crippen LogP contribution in [0.2, 0.25) is 0 Å². The first-order valence-corrected chi connectivity index (χ1v) is 7.03. The molecule has 19 heavy (non-hydrogen) atoms. The lowest BCUT2D eigenvalue weighted by atomic mass is 10.0. The van der Waals surface area contributed by atoms with Gasteiger partial charge in [0.1, 0.15) is 0 Å². The summed E-state index contributed by atoms with van der Waals surface area (Å²) in [5.74, 6) is 0.507. The molecule has 0 aromatic heterocycles. The van der Waals surface area contributed by atoms with Crippen molar-refractivity contribution in [2.24, 2.45) is 5.92 Å². The van der Waals surface area contributed by atoms with E-state index in [4.69, 9.17) is 5.11 Å². The number of aliphatic hydroxyl groups excluding tert-OH is 1. The molecule has 0 saturated heterocycles. The van der Waals surface area contributed by atoms with Gasteiger partial charge >= 0.3 is 0 Å². The quantitative estimate of drug-likeness (QED) is 0.830. The van der Waals surface area contributed by atoms with Gasteiger partial charge in [-0.3, -0.25) is 0 Å². The smallest absolute Gasteiger partial charge is 0.0434 e. The molecule has 0 spiro atoms. The third-order valence-corrected chi connectivity index (χ3v) is 3.67. The van der Waals surface area contributed by atoms with E-state index >= 15 is 0 Å². The van der Waals surface area contributed by atoms with Crippen molar-refractivity contribution in [1.29, 1.82) is 0 Å². The van der Waals surface area contributed by atoms with E-state index in [9.17, 15) is 0 Å². The fraction of sp³-hybridized carbons (Fsp3) is 0.412. The van der Waals surface area contributed by atoms with Crippen LogP contribution in [0.3, 0.4) is 0 Å². The van der Waals surface area contributed by atoms with Crippen LogP contribution in [0.5, 0.6) is 0 Å². The summed E-state index contributed by atoms with van der Waals surface area (Å²) in [6.45, 7) is 5.56.